The Balaban J connectivity index is 1.46. The van der Waals surface area contributed by atoms with Crippen LogP contribution in [0, 0.1) is 0 Å². The molecule has 4 N–H and O–H groups in total. The van der Waals surface area contributed by atoms with Gasteiger partial charge in [0.15, 0.2) is 0 Å². The maximum atomic E-state index is 12.5. The lowest BCUT2D eigenvalue weighted by Gasteiger charge is -2.41. The molecule has 1 saturated heterocycles. The van der Waals surface area contributed by atoms with Gasteiger partial charge in [-0.2, -0.15) is 0 Å². The van der Waals surface area contributed by atoms with Crippen molar-refractivity contribution in [3.05, 3.63) is 53.6 Å². The van der Waals surface area contributed by atoms with Gasteiger partial charge in [0.1, 0.15) is 6.61 Å². The number of hydrogen-bond acceptors (Lipinski definition) is 7. The molecule has 1 atom stereocenters. The number of benzene rings is 2. The molecule has 2 aliphatic rings. The van der Waals surface area contributed by atoms with Crippen molar-refractivity contribution in [1.29, 1.82) is 0 Å². The number of rotatable bonds is 7. The SMILES string of the molecule is CC[C@H](CO)NC(=O)c1ccc(N2CCC(N3C(=O)OCc4ccccc43)CC2)c(NO)c1. The van der Waals surface area contributed by atoms with Crippen molar-refractivity contribution < 1.29 is 24.6 Å². The van der Waals surface area contributed by atoms with E-state index in [0.29, 0.717) is 37.4 Å². The summed E-state index contributed by atoms with van der Waals surface area (Å²) in [7, 11) is 0. The maximum absolute atomic E-state index is 12.5. The quantitative estimate of drug-likeness (QED) is 0.475. The standard InChI is InChI=1S/C24H30N4O5/c1-2-18(14-29)25-23(30)16-7-8-22(20(13-16)26-32)27-11-9-19(10-12-27)28-21-6-4-3-5-17(21)15-33-24(28)31/h3-8,13,18-19,26,29,32H,2,9-12,14-15H2,1H3,(H,25,30)/t18-/m1/s1. The molecule has 0 radical (unpaired) electrons. The first-order chi connectivity index (χ1) is 16.0. The summed E-state index contributed by atoms with van der Waals surface area (Å²) >= 11 is 0. The lowest BCUT2D eigenvalue weighted by atomic mass is 9.99. The van der Waals surface area contributed by atoms with Gasteiger partial charge in [0.05, 0.1) is 29.7 Å². The number of hydrogen-bond donors (Lipinski definition) is 4. The molecule has 9 heteroatoms. The Kier molecular flexibility index (Phi) is 7.00. The van der Waals surface area contributed by atoms with E-state index in [-0.39, 0.29) is 30.7 Å². The van der Waals surface area contributed by atoms with Crippen LogP contribution in [0.1, 0.15) is 42.1 Å². The fraction of sp³-hybridized carbons (Fsp3) is 0.417. The summed E-state index contributed by atoms with van der Waals surface area (Å²) in [6.07, 6.45) is 1.79. The van der Waals surface area contributed by atoms with Gasteiger partial charge in [-0.05, 0) is 43.5 Å². The third kappa shape index (κ3) is 4.74. The van der Waals surface area contributed by atoms with Crippen LogP contribution in [-0.4, -0.2) is 54.1 Å². The van der Waals surface area contributed by atoms with E-state index in [2.05, 4.69) is 15.7 Å². The molecule has 2 aromatic carbocycles. The Hall–Kier alpha value is -3.30. The summed E-state index contributed by atoms with van der Waals surface area (Å²) in [5.41, 5.74) is 5.73. The number of ether oxygens (including phenoxy) is 1. The summed E-state index contributed by atoms with van der Waals surface area (Å²) in [5, 5.41) is 21.8. The molecule has 2 amide bonds. The number of piperidine rings is 1. The highest BCUT2D eigenvalue weighted by Gasteiger charge is 2.34. The first-order valence-electron chi connectivity index (χ1n) is 11.3. The van der Waals surface area contributed by atoms with E-state index < -0.39 is 0 Å². The average Bonchev–Trinajstić information content (AvgIpc) is 2.86. The molecule has 0 aliphatic carbocycles. The van der Waals surface area contributed by atoms with E-state index in [1.54, 1.807) is 23.1 Å². The van der Waals surface area contributed by atoms with Crippen LogP contribution in [-0.2, 0) is 11.3 Å². The van der Waals surface area contributed by atoms with Gasteiger partial charge < -0.3 is 20.1 Å². The van der Waals surface area contributed by atoms with Crippen LogP contribution in [0.2, 0.25) is 0 Å². The van der Waals surface area contributed by atoms with Crippen LogP contribution in [0.4, 0.5) is 21.9 Å². The molecule has 2 aromatic rings. The molecule has 0 aromatic heterocycles. The molecular weight excluding hydrogens is 424 g/mol. The third-order valence-corrected chi connectivity index (χ3v) is 6.40. The van der Waals surface area contributed by atoms with Crippen molar-refractivity contribution in [1.82, 2.24) is 5.32 Å². The van der Waals surface area contributed by atoms with E-state index in [1.807, 2.05) is 31.2 Å². The van der Waals surface area contributed by atoms with Gasteiger partial charge in [-0.15, -0.1) is 0 Å². The van der Waals surface area contributed by atoms with E-state index in [0.717, 1.165) is 29.8 Å². The predicted molar refractivity (Wildman–Crippen MR) is 125 cm³/mol. The summed E-state index contributed by atoms with van der Waals surface area (Å²) in [4.78, 5) is 28.9. The molecule has 1 fully saturated rings. The van der Waals surface area contributed by atoms with Crippen LogP contribution in [0.25, 0.3) is 0 Å². The number of nitrogens with one attached hydrogen (secondary N) is 2. The Bertz CT molecular complexity index is 1000. The van der Waals surface area contributed by atoms with Gasteiger partial charge in [0.25, 0.3) is 5.91 Å². The Morgan fingerprint density at radius 2 is 1.94 bits per heavy atom. The zero-order chi connectivity index (χ0) is 23.4. The van der Waals surface area contributed by atoms with E-state index >= 15 is 0 Å². The smallest absolute Gasteiger partial charge is 0.414 e. The molecule has 9 nitrogen and oxygen atoms in total. The molecule has 2 heterocycles. The summed E-state index contributed by atoms with van der Waals surface area (Å²) in [6.45, 7) is 3.41. The molecule has 0 bridgehead atoms. The molecule has 0 spiro atoms. The number of para-hydroxylation sites is 1. The second kappa shape index (κ2) is 10.1. The summed E-state index contributed by atoms with van der Waals surface area (Å²) in [5.74, 6) is -0.306. The van der Waals surface area contributed by atoms with Crippen LogP contribution in [0.3, 0.4) is 0 Å². The van der Waals surface area contributed by atoms with Crippen molar-refractivity contribution in [2.24, 2.45) is 0 Å². The molecule has 33 heavy (non-hydrogen) atoms. The van der Waals surface area contributed by atoms with Crippen molar-refractivity contribution >= 4 is 29.1 Å². The van der Waals surface area contributed by atoms with E-state index in [1.165, 1.54) is 0 Å². The zero-order valence-corrected chi connectivity index (χ0v) is 18.7. The number of nitrogens with zero attached hydrogens (tertiary/aromatic N) is 2. The summed E-state index contributed by atoms with van der Waals surface area (Å²) in [6, 6.07) is 12.6. The number of carbonyl (C=O) groups is 2. The van der Waals surface area contributed by atoms with Crippen LogP contribution < -0.4 is 20.6 Å². The topological polar surface area (TPSA) is 114 Å². The highest BCUT2D eigenvalue weighted by Crippen LogP contribution is 2.34. The van der Waals surface area contributed by atoms with Crippen molar-refractivity contribution in [3.8, 4) is 0 Å². The van der Waals surface area contributed by atoms with Gasteiger partial charge in [-0.25, -0.2) is 4.79 Å². The van der Waals surface area contributed by atoms with Gasteiger partial charge in [-0.1, -0.05) is 25.1 Å². The van der Waals surface area contributed by atoms with Crippen LogP contribution >= 0.6 is 0 Å². The van der Waals surface area contributed by atoms with E-state index in [9.17, 15) is 19.9 Å². The number of anilines is 3. The Morgan fingerprint density at radius 3 is 2.64 bits per heavy atom. The van der Waals surface area contributed by atoms with Crippen LogP contribution in [0.5, 0.6) is 0 Å². The number of cyclic esters (lactones) is 1. The minimum atomic E-state index is -0.312. The Labute approximate surface area is 192 Å². The largest absolute Gasteiger partial charge is 0.444 e. The first kappa shape index (κ1) is 22.9. The highest BCUT2D eigenvalue weighted by molar-refractivity contribution is 5.96. The monoisotopic (exact) mass is 454 g/mol. The second-order valence-corrected chi connectivity index (χ2v) is 8.38. The van der Waals surface area contributed by atoms with Crippen molar-refractivity contribution in [2.75, 3.05) is 35.0 Å². The number of aliphatic hydroxyl groups excluding tert-OH is 1. The van der Waals surface area contributed by atoms with Crippen LogP contribution in [0.15, 0.2) is 42.5 Å². The molecule has 4 rings (SSSR count). The second-order valence-electron chi connectivity index (χ2n) is 8.38. The highest BCUT2D eigenvalue weighted by atomic mass is 16.6. The lowest BCUT2D eigenvalue weighted by Crippen LogP contribution is -2.49. The van der Waals surface area contributed by atoms with Gasteiger partial charge in [0, 0.05) is 30.3 Å². The number of fused-ring (bicyclic) bond motifs is 1. The normalized spacial score (nSPS) is 17.2. The van der Waals surface area contributed by atoms with Gasteiger partial charge >= 0.3 is 6.09 Å². The van der Waals surface area contributed by atoms with E-state index in [4.69, 9.17) is 4.74 Å². The third-order valence-electron chi connectivity index (χ3n) is 6.40. The van der Waals surface area contributed by atoms with Gasteiger partial charge in [-0.3, -0.25) is 20.4 Å². The zero-order valence-electron chi connectivity index (χ0n) is 18.7. The molecular formula is C24H30N4O5. The summed E-state index contributed by atoms with van der Waals surface area (Å²) < 4.78 is 5.37. The maximum Gasteiger partial charge on any atom is 0.414 e. The molecule has 0 saturated carbocycles. The average molecular weight is 455 g/mol. The van der Waals surface area contributed by atoms with Crippen molar-refractivity contribution in [2.45, 2.75) is 44.9 Å². The fourth-order valence-corrected chi connectivity index (χ4v) is 4.47. The molecule has 0 unspecified atom stereocenters. The van der Waals surface area contributed by atoms with Crippen molar-refractivity contribution in [3.63, 3.8) is 0 Å². The number of amides is 2. The minimum Gasteiger partial charge on any atom is -0.444 e. The molecule has 176 valence electrons. The first-order valence-corrected chi connectivity index (χ1v) is 11.3. The molecule has 2 aliphatic heterocycles. The Morgan fingerprint density at radius 1 is 1.18 bits per heavy atom. The number of aliphatic hydroxyl groups is 1. The minimum absolute atomic E-state index is 0.0234. The number of carbonyl (C=O) groups excluding carboxylic acids is 2. The fourth-order valence-electron chi connectivity index (χ4n) is 4.47. The van der Waals surface area contributed by atoms with Gasteiger partial charge in [0.2, 0.25) is 0 Å². The lowest BCUT2D eigenvalue weighted by molar-refractivity contribution is 0.0915. The predicted octanol–water partition coefficient (Wildman–Crippen LogP) is 3.11.